The molecule has 0 spiro atoms. The third kappa shape index (κ3) is 28.5. The van der Waals surface area contributed by atoms with Gasteiger partial charge >= 0.3 is 0 Å². The van der Waals surface area contributed by atoms with Crippen molar-refractivity contribution in [2.45, 2.75) is 201 Å². The predicted octanol–water partition coefficient (Wildman–Crippen LogP) is 10.6. The van der Waals surface area contributed by atoms with E-state index in [-0.39, 0.29) is 24.0 Å². The minimum absolute atomic E-state index is 0. The van der Waals surface area contributed by atoms with Gasteiger partial charge in [-0.15, -0.1) is 0 Å². The SMILES string of the molecule is CCCCCCCCCCC[P+](CCCCCCCC)(CCCCCCCC)CCCCCCCC.[I-]. The van der Waals surface area contributed by atoms with Gasteiger partial charge in [0.2, 0.25) is 0 Å². The van der Waals surface area contributed by atoms with Gasteiger partial charge < -0.3 is 24.0 Å². The lowest BCUT2D eigenvalue weighted by atomic mass is 10.1. The molecule has 0 nitrogen and oxygen atoms in total. The Morgan fingerprint density at radius 3 is 0.595 bits per heavy atom. The predicted molar refractivity (Wildman–Crippen MR) is 174 cm³/mol. The van der Waals surface area contributed by atoms with Crippen molar-refractivity contribution in [1.29, 1.82) is 0 Å². The second-order valence-electron chi connectivity index (χ2n) is 12.4. The highest BCUT2D eigenvalue weighted by atomic mass is 127. The molecule has 0 rings (SSSR count). The molecule has 0 bridgehead atoms. The summed E-state index contributed by atoms with van der Waals surface area (Å²) < 4.78 is 0. The van der Waals surface area contributed by atoms with Crippen LogP contribution in [0.2, 0.25) is 0 Å². The molecule has 0 N–H and O–H groups in total. The molecule has 0 aromatic rings. The fraction of sp³-hybridized carbons (Fsp3) is 1.00. The van der Waals surface area contributed by atoms with Crippen LogP contribution in [0.4, 0.5) is 0 Å². The maximum atomic E-state index is 2.35. The van der Waals surface area contributed by atoms with Gasteiger partial charge in [0.25, 0.3) is 0 Å². The highest BCUT2D eigenvalue weighted by Crippen LogP contribution is 2.61. The van der Waals surface area contributed by atoms with Crippen LogP contribution in [0.1, 0.15) is 201 Å². The van der Waals surface area contributed by atoms with Crippen LogP contribution < -0.4 is 24.0 Å². The van der Waals surface area contributed by atoms with Crippen molar-refractivity contribution in [2.24, 2.45) is 0 Å². The summed E-state index contributed by atoms with van der Waals surface area (Å²) >= 11 is 0. The van der Waals surface area contributed by atoms with E-state index in [9.17, 15) is 0 Å². The summed E-state index contributed by atoms with van der Waals surface area (Å²) in [6, 6.07) is 0. The normalized spacial score (nSPS) is 11.7. The molecule has 0 unspecified atom stereocenters. The fourth-order valence-electron chi connectivity index (χ4n) is 6.11. The van der Waals surface area contributed by atoms with Crippen molar-refractivity contribution < 1.29 is 24.0 Å². The van der Waals surface area contributed by atoms with Crippen LogP contribution in [0, 0.1) is 0 Å². The molecule has 226 valence electrons. The third-order valence-electron chi connectivity index (χ3n) is 8.69. The summed E-state index contributed by atoms with van der Waals surface area (Å²) in [6.45, 7) is 9.38. The standard InChI is InChI=1S/C35H74P.HI/c1-5-9-13-17-21-22-23-27-31-35-36(32-28-24-18-14-10-6-2,33-29-25-19-15-11-7-3)34-30-26-20-16-12-8-4;/h5-35H2,1-4H3;1H/q+1;/p-1. The summed E-state index contributed by atoms with van der Waals surface area (Å²) in [6.07, 6.45) is 46.7. The van der Waals surface area contributed by atoms with Crippen LogP contribution in [0.25, 0.3) is 0 Å². The first-order valence-corrected chi connectivity index (χ1v) is 20.1. The number of unbranched alkanes of at least 4 members (excludes halogenated alkanes) is 23. The van der Waals surface area contributed by atoms with Gasteiger partial charge in [-0.1, -0.05) is 150 Å². The maximum Gasteiger partial charge on any atom is 0.0594 e. The summed E-state index contributed by atoms with van der Waals surface area (Å²) in [5.41, 5.74) is 0. The molecule has 2 heteroatoms. The van der Waals surface area contributed by atoms with E-state index in [1.165, 1.54) is 148 Å². The van der Waals surface area contributed by atoms with Gasteiger partial charge in [0.15, 0.2) is 0 Å². The number of hydrogen-bond acceptors (Lipinski definition) is 0. The summed E-state index contributed by atoms with van der Waals surface area (Å²) in [5, 5.41) is 0. The van der Waals surface area contributed by atoms with E-state index in [1.807, 2.05) is 0 Å². The average molecular weight is 653 g/mol. The van der Waals surface area contributed by atoms with Crippen molar-refractivity contribution >= 4 is 7.26 Å². The van der Waals surface area contributed by atoms with E-state index in [1.54, 1.807) is 50.3 Å². The first-order chi connectivity index (χ1) is 17.7. The van der Waals surface area contributed by atoms with Crippen LogP contribution in [0.3, 0.4) is 0 Å². The van der Waals surface area contributed by atoms with Gasteiger partial charge in [-0.2, -0.15) is 0 Å². The molecule has 0 saturated heterocycles. The molecule has 0 atom stereocenters. The Morgan fingerprint density at radius 1 is 0.243 bits per heavy atom. The summed E-state index contributed by atoms with van der Waals surface area (Å²) in [5.74, 6) is 0. The van der Waals surface area contributed by atoms with Gasteiger partial charge in [-0.3, -0.25) is 0 Å². The molecule has 0 aliphatic rings. The van der Waals surface area contributed by atoms with E-state index < -0.39 is 7.26 Å². The Morgan fingerprint density at radius 2 is 0.405 bits per heavy atom. The highest BCUT2D eigenvalue weighted by molar-refractivity contribution is 7.75. The largest absolute Gasteiger partial charge is 1.00 e. The second-order valence-corrected chi connectivity index (χ2v) is 16.8. The minimum Gasteiger partial charge on any atom is -1.00 e. The molecule has 0 aliphatic heterocycles. The van der Waals surface area contributed by atoms with Crippen LogP contribution >= 0.6 is 7.26 Å². The molecular weight excluding hydrogens is 578 g/mol. The van der Waals surface area contributed by atoms with Gasteiger partial charge in [-0.05, 0) is 51.4 Å². The number of hydrogen-bond donors (Lipinski definition) is 0. The lowest BCUT2D eigenvalue weighted by molar-refractivity contribution is -0.00000821. The van der Waals surface area contributed by atoms with Gasteiger partial charge in [0, 0.05) is 7.26 Å². The molecule has 0 heterocycles. The van der Waals surface area contributed by atoms with Crippen molar-refractivity contribution in [2.75, 3.05) is 24.6 Å². The monoisotopic (exact) mass is 652 g/mol. The van der Waals surface area contributed by atoms with E-state index >= 15 is 0 Å². The fourth-order valence-corrected chi connectivity index (χ4v) is 11.0. The summed E-state index contributed by atoms with van der Waals surface area (Å²) in [4.78, 5) is 0. The molecule has 0 aromatic carbocycles. The zero-order valence-electron chi connectivity index (χ0n) is 26.7. The molecule has 0 aliphatic carbocycles. The minimum atomic E-state index is -0.733. The van der Waals surface area contributed by atoms with Gasteiger partial charge in [0.1, 0.15) is 0 Å². The lowest BCUT2D eigenvalue weighted by Crippen LogP contribution is -3.00. The summed E-state index contributed by atoms with van der Waals surface area (Å²) in [7, 11) is -0.733. The topological polar surface area (TPSA) is 0 Å². The van der Waals surface area contributed by atoms with Crippen molar-refractivity contribution in [1.82, 2.24) is 0 Å². The molecule has 0 radical (unpaired) electrons. The Balaban J connectivity index is 0. The average Bonchev–Trinajstić information content (AvgIpc) is 2.89. The Labute approximate surface area is 255 Å². The quantitative estimate of drug-likeness (QED) is 0.0397. The lowest BCUT2D eigenvalue weighted by Gasteiger charge is -2.28. The molecule has 0 fully saturated rings. The van der Waals surface area contributed by atoms with E-state index in [4.69, 9.17) is 0 Å². The van der Waals surface area contributed by atoms with E-state index in [2.05, 4.69) is 27.7 Å². The second kappa shape index (κ2) is 33.4. The van der Waals surface area contributed by atoms with Crippen molar-refractivity contribution in [3.8, 4) is 0 Å². The Bertz CT molecular complexity index is 356. The first kappa shape index (κ1) is 40.3. The Kier molecular flexibility index (Phi) is 36.3. The molecule has 0 saturated carbocycles. The van der Waals surface area contributed by atoms with Gasteiger partial charge in [0.05, 0.1) is 24.6 Å². The molecular formula is C35H74IP. The molecule has 0 aromatic heterocycles. The van der Waals surface area contributed by atoms with E-state index in [0.717, 1.165) is 0 Å². The van der Waals surface area contributed by atoms with Gasteiger partial charge in [-0.25, -0.2) is 0 Å². The van der Waals surface area contributed by atoms with Crippen LogP contribution in [0.15, 0.2) is 0 Å². The smallest absolute Gasteiger partial charge is 0.0594 e. The van der Waals surface area contributed by atoms with Crippen LogP contribution in [-0.2, 0) is 0 Å². The van der Waals surface area contributed by atoms with Crippen LogP contribution in [0.5, 0.6) is 0 Å². The van der Waals surface area contributed by atoms with Crippen molar-refractivity contribution in [3.05, 3.63) is 0 Å². The molecule has 37 heavy (non-hydrogen) atoms. The van der Waals surface area contributed by atoms with Crippen molar-refractivity contribution in [3.63, 3.8) is 0 Å². The Hall–Kier alpha value is 1.16. The maximum absolute atomic E-state index is 2.35. The molecule has 0 amide bonds. The van der Waals surface area contributed by atoms with E-state index in [0.29, 0.717) is 0 Å². The zero-order valence-corrected chi connectivity index (χ0v) is 29.8. The third-order valence-corrected chi connectivity index (χ3v) is 13.8. The number of halogens is 1. The van der Waals surface area contributed by atoms with Crippen LogP contribution in [-0.4, -0.2) is 24.6 Å². The highest BCUT2D eigenvalue weighted by Gasteiger charge is 2.34. The first-order valence-electron chi connectivity index (χ1n) is 17.6. The zero-order chi connectivity index (χ0) is 26.4. The number of rotatable bonds is 31.